The number of esters is 1. The Hall–Kier alpha value is -2.18. The number of rotatable bonds is 2. The second-order valence-electron chi connectivity index (χ2n) is 2.57. The van der Waals surface area contributed by atoms with Crippen LogP contribution in [0.1, 0.15) is 10.4 Å². The van der Waals surface area contributed by atoms with Gasteiger partial charge in [-0.3, -0.25) is 10.1 Å². The largest absolute Gasteiger partial charge is 0.505 e. The Morgan fingerprint density at radius 1 is 1.60 bits per heavy atom. The van der Waals surface area contributed by atoms with Gasteiger partial charge in [-0.2, -0.15) is 0 Å². The van der Waals surface area contributed by atoms with Crippen LogP contribution in [0.3, 0.4) is 0 Å². The van der Waals surface area contributed by atoms with Gasteiger partial charge in [-0.05, 0) is 0 Å². The average molecular weight is 215 g/mol. The second kappa shape index (κ2) is 3.91. The first-order valence-corrected chi connectivity index (χ1v) is 3.72. The molecule has 0 unspecified atom stereocenters. The zero-order chi connectivity index (χ0) is 11.6. The molecule has 1 rings (SSSR count). The highest BCUT2D eigenvalue weighted by Gasteiger charge is 2.23. The Morgan fingerprint density at radius 2 is 2.20 bits per heavy atom. The van der Waals surface area contributed by atoms with Crippen molar-refractivity contribution in [1.82, 2.24) is 0 Å². The molecule has 6 nitrogen and oxygen atoms in total. The number of nitro groups is 1. The normalized spacial score (nSPS) is 9.73. The first kappa shape index (κ1) is 10.9. The number of aromatic hydroxyl groups is 1. The third-order valence-corrected chi connectivity index (χ3v) is 1.67. The number of nitro benzene ring substituents is 1. The smallest absolute Gasteiger partial charge is 0.345 e. The average Bonchev–Trinajstić information content (AvgIpc) is 2.20. The molecule has 0 saturated heterocycles. The molecule has 7 heteroatoms. The summed E-state index contributed by atoms with van der Waals surface area (Å²) >= 11 is 0. The number of benzene rings is 1. The summed E-state index contributed by atoms with van der Waals surface area (Å²) in [5, 5.41) is 19.4. The van der Waals surface area contributed by atoms with E-state index >= 15 is 0 Å². The van der Waals surface area contributed by atoms with Crippen LogP contribution >= 0.6 is 0 Å². The van der Waals surface area contributed by atoms with E-state index in [4.69, 9.17) is 5.11 Å². The lowest BCUT2D eigenvalue weighted by Gasteiger charge is -2.02. The maximum absolute atomic E-state index is 12.8. The van der Waals surface area contributed by atoms with Crippen LogP contribution in [0.15, 0.2) is 12.1 Å². The van der Waals surface area contributed by atoms with E-state index in [1.54, 1.807) is 0 Å². The fourth-order valence-corrected chi connectivity index (χ4v) is 0.976. The van der Waals surface area contributed by atoms with Gasteiger partial charge in [0.15, 0.2) is 11.6 Å². The van der Waals surface area contributed by atoms with Crippen molar-refractivity contribution in [2.75, 3.05) is 7.11 Å². The number of methoxy groups -OCH3 is 1. The highest BCUT2D eigenvalue weighted by molar-refractivity contribution is 5.94. The van der Waals surface area contributed by atoms with Gasteiger partial charge in [0.05, 0.1) is 18.1 Å². The van der Waals surface area contributed by atoms with Crippen LogP contribution in [0.4, 0.5) is 10.1 Å². The van der Waals surface area contributed by atoms with E-state index in [9.17, 15) is 19.3 Å². The third kappa shape index (κ3) is 2.01. The first-order valence-electron chi connectivity index (χ1n) is 3.72. The van der Waals surface area contributed by atoms with Crippen LogP contribution in [0.2, 0.25) is 0 Å². The molecule has 0 aliphatic carbocycles. The molecule has 0 radical (unpaired) electrons. The van der Waals surface area contributed by atoms with E-state index in [0.717, 1.165) is 7.11 Å². The van der Waals surface area contributed by atoms with E-state index in [2.05, 4.69) is 4.74 Å². The van der Waals surface area contributed by atoms with Gasteiger partial charge in [-0.15, -0.1) is 0 Å². The minimum atomic E-state index is -1.17. The molecule has 0 fully saturated rings. The molecule has 1 aromatic carbocycles. The summed E-state index contributed by atoms with van der Waals surface area (Å²) in [4.78, 5) is 20.6. The SMILES string of the molecule is COC(=O)c1cc(O)c(F)cc1[N+](=O)[O-]. The van der Waals surface area contributed by atoms with Crippen LogP contribution in [-0.2, 0) is 4.74 Å². The minimum absolute atomic E-state index is 0.460. The fourth-order valence-electron chi connectivity index (χ4n) is 0.976. The summed E-state index contributed by atoms with van der Waals surface area (Å²) in [6, 6.07) is 1.11. The maximum atomic E-state index is 12.8. The van der Waals surface area contributed by atoms with Crippen molar-refractivity contribution in [2.24, 2.45) is 0 Å². The molecule has 0 aromatic heterocycles. The summed E-state index contributed by atoms with van der Waals surface area (Å²) < 4.78 is 17.0. The van der Waals surface area contributed by atoms with Crippen molar-refractivity contribution in [2.45, 2.75) is 0 Å². The van der Waals surface area contributed by atoms with Gasteiger partial charge >= 0.3 is 5.97 Å². The molecule has 80 valence electrons. The zero-order valence-electron chi connectivity index (χ0n) is 7.56. The topological polar surface area (TPSA) is 89.7 Å². The number of halogens is 1. The standard InChI is InChI=1S/C8H6FNO5/c1-15-8(12)4-2-7(11)5(9)3-6(4)10(13)14/h2-3,11H,1H3. The number of carbonyl (C=O) groups is 1. The Morgan fingerprint density at radius 3 is 2.67 bits per heavy atom. The fraction of sp³-hybridized carbons (Fsp3) is 0.125. The second-order valence-corrected chi connectivity index (χ2v) is 2.57. The molecule has 0 heterocycles. The Labute approximate surface area is 83.0 Å². The van der Waals surface area contributed by atoms with Crippen molar-refractivity contribution in [3.05, 3.63) is 33.6 Å². The minimum Gasteiger partial charge on any atom is -0.505 e. The van der Waals surface area contributed by atoms with Crippen LogP contribution < -0.4 is 0 Å². The third-order valence-electron chi connectivity index (χ3n) is 1.67. The molecular weight excluding hydrogens is 209 g/mol. The highest BCUT2D eigenvalue weighted by atomic mass is 19.1. The highest BCUT2D eigenvalue weighted by Crippen LogP contribution is 2.27. The Balaban J connectivity index is 3.41. The van der Waals surface area contributed by atoms with Crippen LogP contribution in [0.5, 0.6) is 5.75 Å². The van der Waals surface area contributed by atoms with Crippen molar-refractivity contribution < 1.29 is 24.0 Å². The lowest BCUT2D eigenvalue weighted by atomic mass is 10.1. The molecule has 1 N–H and O–H groups in total. The van der Waals surface area contributed by atoms with Crippen LogP contribution in [0, 0.1) is 15.9 Å². The molecule has 0 spiro atoms. The van der Waals surface area contributed by atoms with Crippen molar-refractivity contribution in [1.29, 1.82) is 0 Å². The van der Waals surface area contributed by atoms with Crippen LogP contribution in [0.25, 0.3) is 0 Å². The summed E-state index contributed by atoms with van der Waals surface area (Å²) in [5.74, 6) is -3.03. The molecular formula is C8H6FNO5. The first-order chi connectivity index (χ1) is 6.97. The molecule has 0 amide bonds. The number of phenols is 1. The van der Waals surface area contributed by atoms with Crippen LogP contribution in [-0.4, -0.2) is 23.1 Å². The van der Waals surface area contributed by atoms with E-state index in [1.807, 2.05) is 0 Å². The van der Waals surface area contributed by atoms with Gasteiger partial charge < -0.3 is 9.84 Å². The summed E-state index contributed by atoms with van der Waals surface area (Å²) in [6.07, 6.45) is 0. The number of ether oxygens (including phenoxy) is 1. The van der Waals surface area contributed by atoms with E-state index in [-0.39, 0.29) is 0 Å². The van der Waals surface area contributed by atoms with E-state index in [1.165, 1.54) is 0 Å². The monoisotopic (exact) mass is 215 g/mol. The number of nitrogens with zero attached hydrogens (tertiary/aromatic N) is 1. The summed E-state index contributed by atoms with van der Waals surface area (Å²) in [6.45, 7) is 0. The molecule has 0 atom stereocenters. The number of hydrogen-bond donors (Lipinski definition) is 1. The van der Waals surface area contributed by atoms with E-state index < -0.39 is 33.7 Å². The molecule has 0 saturated carbocycles. The van der Waals surface area contributed by atoms with Gasteiger partial charge in [0.1, 0.15) is 5.56 Å². The van der Waals surface area contributed by atoms with Gasteiger partial charge in [0.2, 0.25) is 0 Å². The maximum Gasteiger partial charge on any atom is 0.345 e. The number of carbonyl (C=O) groups excluding carboxylic acids is 1. The quantitative estimate of drug-likeness (QED) is 0.455. The van der Waals surface area contributed by atoms with Crippen molar-refractivity contribution >= 4 is 11.7 Å². The van der Waals surface area contributed by atoms with Gasteiger partial charge in [0.25, 0.3) is 5.69 Å². The van der Waals surface area contributed by atoms with Gasteiger partial charge in [0, 0.05) is 6.07 Å². The molecule has 0 aliphatic heterocycles. The van der Waals surface area contributed by atoms with Gasteiger partial charge in [-0.25, -0.2) is 9.18 Å². The van der Waals surface area contributed by atoms with Crippen molar-refractivity contribution in [3.63, 3.8) is 0 Å². The predicted octanol–water partition coefficient (Wildman–Crippen LogP) is 1.23. The lowest BCUT2D eigenvalue weighted by Crippen LogP contribution is -2.06. The summed E-state index contributed by atoms with van der Waals surface area (Å²) in [5.41, 5.74) is -1.25. The molecule has 1 aromatic rings. The Bertz CT molecular complexity index is 431. The molecule has 15 heavy (non-hydrogen) atoms. The number of phenolic OH excluding ortho intramolecular Hbond substituents is 1. The molecule has 0 bridgehead atoms. The van der Waals surface area contributed by atoms with E-state index in [0.29, 0.717) is 12.1 Å². The Kier molecular flexibility index (Phi) is 2.84. The number of hydrogen-bond acceptors (Lipinski definition) is 5. The zero-order valence-corrected chi connectivity index (χ0v) is 7.56. The summed E-state index contributed by atoms with van der Waals surface area (Å²) in [7, 11) is 1.02. The predicted molar refractivity (Wildman–Crippen MR) is 46.1 cm³/mol. The lowest BCUT2D eigenvalue weighted by molar-refractivity contribution is -0.385. The molecule has 0 aliphatic rings. The van der Waals surface area contributed by atoms with Gasteiger partial charge in [-0.1, -0.05) is 0 Å². The van der Waals surface area contributed by atoms with Crippen molar-refractivity contribution in [3.8, 4) is 5.75 Å².